The van der Waals surface area contributed by atoms with Crippen molar-refractivity contribution < 1.29 is 8.78 Å². The molecule has 0 aromatic carbocycles. The number of halogens is 2. The Balaban J connectivity index is 3.71. The van der Waals surface area contributed by atoms with Crippen molar-refractivity contribution in [3.63, 3.8) is 0 Å². The molecule has 0 bridgehead atoms. The maximum Gasteiger partial charge on any atom is 0.183 e. The number of rotatable bonds is 2. The van der Waals surface area contributed by atoms with Crippen molar-refractivity contribution in [2.45, 2.75) is 25.0 Å². The standard InChI is InChI=1S/C5H10F2S/c1-4(6)5(2,7)8-3/h4H,1-3H3. The molecule has 0 aliphatic rings. The average Bonchev–Trinajstić information content (AvgIpc) is 1.67. The van der Waals surface area contributed by atoms with Gasteiger partial charge in [-0.05, 0) is 20.1 Å². The summed E-state index contributed by atoms with van der Waals surface area (Å²) in [5.41, 5.74) is 0. The van der Waals surface area contributed by atoms with Gasteiger partial charge in [0, 0.05) is 0 Å². The van der Waals surface area contributed by atoms with Gasteiger partial charge >= 0.3 is 0 Å². The topological polar surface area (TPSA) is 0 Å². The summed E-state index contributed by atoms with van der Waals surface area (Å²) in [6, 6.07) is 0. The van der Waals surface area contributed by atoms with E-state index in [2.05, 4.69) is 0 Å². The Morgan fingerprint density at radius 2 is 2.00 bits per heavy atom. The molecular formula is C5H10F2S. The average molecular weight is 140 g/mol. The highest BCUT2D eigenvalue weighted by Crippen LogP contribution is 2.29. The molecule has 50 valence electrons. The summed E-state index contributed by atoms with van der Waals surface area (Å²) >= 11 is 0.894. The Labute approximate surface area is 52.7 Å². The minimum absolute atomic E-state index is 0.894. The summed E-state index contributed by atoms with van der Waals surface area (Å²) in [6.07, 6.45) is 0.160. The molecule has 0 heterocycles. The van der Waals surface area contributed by atoms with Crippen molar-refractivity contribution in [1.29, 1.82) is 0 Å². The van der Waals surface area contributed by atoms with Gasteiger partial charge in [-0.3, -0.25) is 0 Å². The van der Waals surface area contributed by atoms with E-state index < -0.39 is 11.2 Å². The maximum absolute atomic E-state index is 12.5. The zero-order valence-electron chi connectivity index (χ0n) is 5.24. The van der Waals surface area contributed by atoms with Crippen molar-refractivity contribution in [2.75, 3.05) is 6.26 Å². The van der Waals surface area contributed by atoms with Gasteiger partial charge in [0.25, 0.3) is 0 Å². The Kier molecular flexibility index (Phi) is 2.74. The summed E-state index contributed by atoms with van der Waals surface area (Å²) in [6.45, 7) is 2.46. The predicted molar refractivity (Wildman–Crippen MR) is 33.6 cm³/mol. The van der Waals surface area contributed by atoms with Crippen LogP contribution in [0.5, 0.6) is 0 Å². The van der Waals surface area contributed by atoms with Crippen LogP contribution >= 0.6 is 11.8 Å². The quantitative estimate of drug-likeness (QED) is 0.567. The lowest BCUT2D eigenvalue weighted by atomic mass is 10.3. The molecule has 0 fully saturated rings. The third-order valence-corrected chi connectivity index (χ3v) is 2.23. The summed E-state index contributed by atoms with van der Waals surface area (Å²) in [5, 5.41) is -1.71. The molecule has 0 aromatic heterocycles. The molecule has 0 saturated carbocycles. The zero-order valence-corrected chi connectivity index (χ0v) is 6.06. The first kappa shape index (κ1) is 8.21. The first-order chi connectivity index (χ1) is 3.50. The van der Waals surface area contributed by atoms with Crippen LogP contribution < -0.4 is 0 Å². The van der Waals surface area contributed by atoms with E-state index in [0.29, 0.717) is 0 Å². The molecule has 0 spiro atoms. The van der Waals surface area contributed by atoms with Gasteiger partial charge in [0.2, 0.25) is 0 Å². The highest BCUT2D eigenvalue weighted by molar-refractivity contribution is 7.99. The molecule has 0 nitrogen and oxygen atoms in total. The molecule has 3 heteroatoms. The predicted octanol–water partition coefficient (Wildman–Crippen LogP) is 2.39. The number of thioether (sulfide) groups is 1. The zero-order chi connectivity index (χ0) is 6.78. The monoisotopic (exact) mass is 140 g/mol. The number of hydrogen-bond acceptors (Lipinski definition) is 1. The second kappa shape index (κ2) is 2.67. The maximum atomic E-state index is 12.5. The van der Waals surface area contributed by atoms with Gasteiger partial charge in [-0.2, -0.15) is 0 Å². The molecule has 0 radical (unpaired) electrons. The summed E-state index contributed by atoms with van der Waals surface area (Å²) in [4.78, 5) is 0. The SMILES string of the molecule is CSC(C)(F)C(C)F. The van der Waals surface area contributed by atoms with Gasteiger partial charge in [-0.25, -0.2) is 8.78 Å². The highest BCUT2D eigenvalue weighted by atomic mass is 32.2. The molecule has 0 aliphatic heterocycles. The third kappa shape index (κ3) is 1.99. The first-order valence-corrected chi connectivity index (χ1v) is 3.61. The van der Waals surface area contributed by atoms with Gasteiger partial charge < -0.3 is 0 Å². The molecule has 0 amide bonds. The summed E-state index contributed by atoms with van der Waals surface area (Å²) < 4.78 is 24.6. The van der Waals surface area contributed by atoms with Gasteiger partial charge in [0.15, 0.2) is 5.00 Å². The Morgan fingerprint density at radius 3 is 2.00 bits per heavy atom. The number of hydrogen-bond donors (Lipinski definition) is 0. The fraction of sp³-hybridized carbons (Fsp3) is 1.00. The van der Waals surface area contributed by atoms with E-state index in [1.54, 1.807) is 6.26 Å². The minimum Gasteiger partial charge on any atom is -0.243 e. The van der Waals surface area contributed by atoms with Crippen LogP contribution in [0.4, 0.5) is 8.78 Å². The van der Waals surface area contributed by atoms with Crippen LogP contribution in [0.25, 0.3) is 0 Å². The molecule has 2 unspecified atom stereocenters. The first-order valence-electron chi connectivity index (χ1n) is 2.39. The fourth-order valence-electron chi connectivity index (χ4n) is 0.162. The van der Waals surface area contributed by atoms with Crippen LogP contribution in [-0.2, 0) is 0 Å². The fourth-order valence-corrected chi connectivity index (χ4v) is 0.487. The highest BCUT2D eigenvalue weighted by Gasteiger charge is 2.29. The molecule has 0 N–H and O–H groups in total. The molecule has 0 aliphatic carbocycles. The van der Waals surface area contributed by atoms with E-state index >= 15 is 0 Å². The summed E-state index contributed by atoms with van der Waals surface area (Å²) in [5.74, 6) is 0. The molecule has 0 rings (SSSR count). The van der Waals surface area contributed by atoms with E-state index in [1.165, 1.54) is 13.8 Å². The second-order valence-electron chi connectivity index (χ2n) is 1.81. The van der Waals surface area contributed by atoms with Gasteiger partial charge in [-0.15, -0.1) is 11.8 Å². The van der Waals surface area contributed by atoms with Gasteiger partial charge in [0.1, 0.15) is 6.17 Å². The minimum atomic E-state index is -1.71. The Bertz CT molecular complexity index is 70.8. The van der Waals surface area contributed by atoms with Gasteiger partial charge in [-0.1, -0.05) is 0 Å². The molecule has 0 saturated heterocycles. The normalized spacial score (nSPS) is 22.1. The third-order valence-electron chi connectivity index (χ3n) is 1.11. The van der Waals surface area contributed by atoms with Crippen LogP contribution in [0.1, 0.15) is 13.8 Å². The molecular weight excluding hydrogens is 130 g/mol. The van der Waals surface area contributed by atoms with E-state index in [-0.39, 0.29) is 0 Å². The largest absolute Gasteiger partial charge is 0.243 e. The summed E-state index contributed by atoms with van der Waals surface area (Å²) in [7, 11) is 0. The van der Waals surface area contributed by atoms with E-state index in [0.717, 1.165) is 11.8 Å². The van der Waals surface area contributed by atoms with Gasteiger partial charge in [0.05, 0.1) is 0 Å². The smallest absolute Gasteiger partial charge is 0.183 e. The Hall–Kier alpha value is 0.210. The second-order valence-corrected chi connectivity index (χ2v) is 3.01. The van der Waals surface area contributed by atoms with Crippen molar-refractivity contribution in [3.05, 3.63) is 0 Å². The van der Waals surface area contributed by atoms with Crippen LogP contribution in [0.2, 0.25) is 0 Å². The van der Waals surface area contributed by atoms with Crippen LogP contribution in [0, 0.1) is 0 Å². The Morgan fingerprint density at radius 1 is 1.62 bits per heavy atom. The van der Waals surface area contributed by atoms with Crippen LogP contribution in [0.3, 0.4) is 0 Å². The van der Waals surface area contributed by atoms with E-state index in [1.807, 2.05) is 0 Å². The van der Waals surface area contributed by atoms with Crippen LogP contribution in [0.15, 0.2) is 0 Å². The lowest BCUT2D eigenvalue weighted by Crippen LogP contribution is -2.23. The molecule has 2 atom stereocenters. The van der Waals surface area contributed by atoms with Crippen molar-refractivity contribution >= 4 is 11.8 Å². The lowest BCUT2D eigenvalue weighted by molar-refractivity contribution is 0.168. The van der Waals surface area contributed by atoms with E-state index in [4.69, 9.17) is 0 Å². The van der Waals surface area contributed by atoms with Crippen molar-refractivity contribution in [3.8, 4) is 0 Å². The molecule has 8 heavy (non-hydrogen) atoms. The van der Waals surface area contributed by atoms with Crippen molar-refractivity contribution in [2.24, 2.45) is 0 Å². The molecule has 0 aromatic rings. The van der Waals surface area contributed by atoms with Crippen molar-refractivity contribution in [1.82, 2.24) is 0 Å². The lowest BCUT2D eigenvalue weighted by Gasteiger charge is -2.17. The van der Waals surface area contributed by atoms with Crippen LogP contribution in [-0.4, -0.2) is 17.4 Å². The number of alkyl halides is 2. The van der Waals surface area contributed by atoms with E-state index in [9.17, 15) is 8.78 Å².